The highest BCUT2D eigenvalue weighted by molar-refractivity contribution is 5.10. The Kier molecular flexibility index (Phi) is 4.53. The minimum atomic E-state index is 0.420. The molecule has 2 aromatic heterocycles. The van der Waals surface area contributed by atoms with Crippen molar-refractivity contribution >= 4 is 0 Å². The summed E-state index contributed by atoms with van der Waals surface area (Å²) in [6.45, 7) is 3.21. The van der Waals surface area contributed by atoms with Crippen LogP contribution in [0.25, 0.3) is 0 Å². The van der Waals surface area contributed by atoms with Gasteiger partial charge in [0.1, 0.15) is 6.61 Å². The molecule has 128 valence electrons. The normalized spacial score (nSPS) is 22.0. The van der Waals surface area contributed by atoms with Gasteiger partial charge in [-0.1, -0.05) is 5.16 Å². The molecule has 0 radical (unpaired) electrons. The molecule has 1 saturated carbocycles. The van der Waals surface area contributed by atoms with E-state index in [1.807, 2.05) is 12.3 Å². The minimum Gasteiger partial charge on any atom is -0.377 e. The fourth-order valence-corrected chi connectivity index (χ4v) is 3.31. The molecule has 0 N–H and O–H groups in total. The molecular formula is C17H23N5O2. The van der Waals surface area contributed by atoms with Gasteiger partial charge in [-0.3, -0.25) is 4.90 Å². The second-order valence-corrected chi connectivity index (χ2v) is 6.73. The molecule has 7 nitrogen and oxygen atoms in total. The lowest BCUT2D eigenvalue weighted by atomic mass is 9.94. The summed E-state index contributed by atoms with van der Waals surface area (Å²) in [5, 5.41) is 4.11. The van der Waals surface area contributed by atoms with Crippen LogP contribution in [0.3, 0.4) is 0 Å². The molecule has 1 aliphatic heterocycles. The molecule has 7 heteroatoms. The fourth-order valence-electron chi connectivity index (χ4n) is 3.31. The van der Waals surface area contributed by atoms with Crippen LogP contribution in [-0.4, -0.2) is 45.2 Å². The molecule has 2 fully saturated rings. The molecule has 4 rings (SSSR count). The van der Waals surface area contributed by atoms with Gasteiger partial charge in [0.15, 0.2) is 11.6 Å². The molecule has 1 atom stereocenters. The zero-order valence-corrected chi connectivity index (χ0v) is 14.0. The number of methoxy groups -OCH3 is 1. The Labute approximate surface area is 141 Å². The average molecular weight is 329 g/mol. The van der Waals surface area contributed by atoms with E-state index in [2.05, 4.69) is 25.0 Å². The Morgan fingerprint density at radius 3 is 3.00 bits per heavy atom. The van der Waals surface area contributed by atoms with Crippen LogP contribution in [0.4, 0.5) is 0 Å². The second-order valence-electron chi connectivity index (χ2n) is 6.73. The topological polar surface area (TPSA) is 77.2 Å². The first-order chi connectivity index (χ1) is 11.8. The van der Waals surface area contributed by atoms with Gasteiger partial charge >= 0.3 is 0 Å². The van der Waals surface area contributed by atoms with Crippen molar-refractivity contribution in [3.63, 3.8) is 0 Å². The van der Waals surface area contributed by atoms with Crippen molar-refractivity contribution in [2.45, 2.75) is 50.7 Å². The van der Waals surface area contributed by atoms with Crippen molar-refractivity contribution in [3.05, 3.63) is 35.5 Å². The van der Waals surface area contributed by atoms with Gasteiger partial charge in [0.2, 0.25) is 5.89 Å². The quantitative estimate of drug-likeness (QED) is 0.804. The summed E-state index contributed by atoms with van der Waals surface area (Å²) in [6.07, 6.45) is 6.52. The summed E-state index contributed by atoms with van der Waals surface area (Å²) < 4.78 is 10.5. The van der Waals surface area contributed by atoms with E-state index in [0.29, 0.717) is 18.4 Å². The van der Waals surface area contributed by atoms with Gasteiger partial charge < -0.3 is 9.26 Å². The van der Waals surface area contributed by atoms with Crippen LogP contribution in [0.2, 0.25) is 0 Å². The maximum absolute atomic E-state index is 5.42. The van der Waals surface area contributed by atoms with E-state index in [-0.39, 0.29) is 0 Å². The van der Waals surface area contributed by atoms with Crippen molar-refractivity contribution in [3.8, 4) is 0 Å². The summed E-state index contributed by atoms with van der Waals surface area (Å²) >= 11 is 0. The number of aromatic nitrogens is 4. The predicted molar refractivity (Wildman–Crippen MR) is 86.3 cm³/mol. The third-order valence-electron chi connectivity index (χ3n) is 4.71. The SMILES string of the molecule is COCc1nccc(C2CCCN(Cc3nc(C4CC4)no3)C2)n1. The van der Waals surface area contributed by atoms with Crippen molar-refractivity contribution in [2.24, 2.45) is 0 Å². The smallest absolute Gasteiger partial charge is 0.240 e. The van der Waals surface area contributed by atoms with Gasteiger partial charge in [-0.25, -0.2) is 9.97 Å². The first-order valence-electron chi connectivity index (χ1n) is 8.67. The van der Waals surface area contributed by atoms with Gasteiger partial charge in [0, 0.05) is 37.4 Å². The zero-order chi connectivity index (χ0) is 16.4. The molecule has 24 heavy (non-hydrogen) atoms. The van der Waals surface area contributed by atoms with E-state index >= 15 is 0 Å². The van der Waals surface area contributed by atoms with Crippen molar-refractivity contribution < 1.29 is 9.26 Å². The molecule has 0 bridgehead atoms. The maximum Gasteiger partial charge on any atom is 0.240 e. The monoisotopic (exact) mass is 329 g/mol. The van der Waals surface area contributed by atoms with Crippen molar-refractivity contribution in [1.29, 1.82) is 0 Å². The van der Waals surface area contributed by atoms with Crippen LogP contribution in [0.1, 0.15) is 60.8 Å². The summed E-state index contributed by atoms with van der Waals surface area (Å²) in [6, 6.07) is 2.02. The van der Waals surface area contributed by atoms with Crippen LogP contribution in [0.5, 0.6) is 0 Å². The summed E-state index contributed by atoms with van der Waals surface area (Å²) in [4.78, 5) is 15.8. The van der Waals surface area contributed by atoms with Crippen molar-refractivity contribution in [1.82, 2.24) is 25.0 Å². The highest BCUT2D eigenvalue weighted by Crippen LogP contribution is 2.38. The van der Waals surface area contributed by atoms with E-state index < -0.39 is 0 Å². The summed E-state index contributed by atoms with van der Waals surface area (Å²) in [5.41, 5.74) is 1.10. The van der Waals surface area contributed by atoms with Crippen LogP contribution in [-0.2, 0) is 17.9 Å². The van der Waals surface area contributed by atoms with Crippen LogP contribution >= 0.6 is 0 Å². The maximum atomic E-state index is 5.42. The molecule has 1 saturated heterocycles. The number of piperidine rings is 1. The van der Waals surface area contributed by atoms with Gasteiger partial charge in [-0.15, -0.1) is 0 Å². The lowest BCUT2D eigenvalue weighted by Crippen LogP contribution is -2.34. The Bertz CT molecular complexity index is 685. The van der Waals surface area contributed by atoms with E-state index in [1.165, 1.54) is 12.8 Å². The number of hydrogen-bond donors (Lipinski definition) is 0. The van der Waals surface area contributed by atoms with Gasteiger partial charge in [-0.2, -0.15) is 4.98 Å². The lowest BCUT2D eigenvalue weighted by Gasteiger charge is -2.31. The molecule has 1 aliphatic carbocycles. The predicted octanol–water partition coefficient (Wildman–Crippen LogP) is 2.26. The Morgan fingerprint density at radius 1 is 1.25 bits per heavy atom. The largest absolute Gasteiger partial charge is 0.377 e. The highest BCUT2D eigenvalue weighted by Gasteiger charge is 2.29. The highest BCUT2D eigenvalue weighted by atomic mass is 16.5. The van der Waals surface area contributed by atoms with Gasteiger partial charge in [0.25, 0.3) is 0 Å². The number of ether oxygens (including phenoxy) is 1. The molecule has 0 aromatic carbocycles. The van der Waals surface area contributed by atoms with Crippen LogP contribution < -0.4 is 0 Å². The molecular weight excluding hydrogens is 306 g/mol. The molecule has 0 amide bonds. The lowest BCUT2D eigenvalue weighted by molar-refractivity contribution is 0.171. The summed E-state index contributed by atoms with van der Waals surface area (Å²) in [7, 11) is 1.67. The molecule has 0 spiro atoms. The van der Waals surface area contributed by atoms with E-state index in [4.69, 9.17) is 9.26 Å². The Hall–Kier alpha value is -1.86. The van der Waals surface area contributed by atoms with E-state index in [1.54, 1.807) is 7.11 Å². The third-order valence-corrected chi connectivity index (χ3v) is 4.71. The van der Waals surface area contributed by atoms with E-state index in [9.17, 15) is 0 Å². The second kappa shape index (κ2) is 6.94. The number of rotatable bonds is 6. The van der Waals surface area contributed by atoms with Gasteiger partial charge in [0.05, 0.1) is 6.54 Å². The van der Waals surface area contributed by atoms with E-state index in [0.717, 1.165) is 55.7 Å². The zero-order valence-electron chi connectivity index (χ0n) is 14.0. The average Bonchev–Trinajstić information content (AvgIpc) is 3.36. The van der Waals surface area contributed by atoms with Crippen LogP contribution in [0.15, 0.2) is 16.8 Å². The van der Waals surface area contributed by atoms with Crippen LogP contribution in [0, 0.1) is 0 Å². The fraction of sp³-hybridized carbons (Fsp3) is 0.647. The molecule has 1 unspecified atom stereocenters. The molecule has 2 aliphatic rings. The first kappa shape index (κ1) is 15.7. The minimum absolute atomic E-state index is 0.420. The number of hydrogen-bond acceptors (Lipinski definition) is 7. The number of nitrogens with zero attached hydrogens (tertiary/aromatic N) is 5. The summed E-state index contributed by atoms with van der Waals surface area (Å²) in [5.74, 6) is 3.33. The third kappa shape index (κ3) is 3.62. The first-order valence-corrected chi connectivity index (χ1v) is 8.67. The Morgan fingerprint density at radius 2 is 2.17 bits per heavy atom. The molecule has 3 heterocycles. The van der Waals surface area contributed by atoms with Gasteiger partial charge in [-0.05, 0) is 38.3 Å². The standard InChI is InChI=1S/C17H23N5O2/c1-23-11-15-18-7-6-14(19-15)13-3-2-8-22(9-13)10-16-20-17(21-24-16)12-4-5-12/h6-7,12-13H,2-5,8-11H2,1H3. The Balaban J connectivity index is 1.40. The number of likely N-dealkylation sites (tertiary alicyclic amines) is 1. The van der Waals surface area contributed by atoms with Crippen molar-refractivity contribution in [2.75, 3.05) is 20.2 Å². The molecule has 2 aromatic rings.